The number of hydrogen-bond acceptors (Lipinski definition) is 1. The molecule has 0 saturated heterocycles. The quantitative estimate of drug-likeness (QED) is 0.614. The number of Topliss-reactive ketones (excluding diaryl/α,β-unsaturated/α-hetero) is 1. The molecule has 0 spiro atoms. The van der Waals surface area contributed by atoms with Crippen LogP contribution < -0.4 is 5.73 Å². The lowest BCUT2D eigenvalue weighted by Crippen LogP contribution is -2.65. The van der Waals surface area contributed by atoms with Crippen LogP contribution in [0, 0.1) is 7.43 Å². The Bertz CT molecular complexity index is 129. The summed E-state index contributed by atoms with van der Waals surface area (Å²) in [5.41, 5.74) is 2.25. The van der Waals surface area contributed by atoms with Crippen LogP contribution in [-0.4, -0.2) is 17.5 Å². The van der Waals surface area contributed by atoms with Gasteiger partial charge in [-0.3, -0.25) is 4.79 Å². The Balaban J connectivity index is 0. The lowest BCUT2D eigenvalue weighted by Gasteiger charge is -2.14. The molecule has 0 heterocycles. The summed E-state index contributed by atoms with van der Waals surface area (Å²) in [5, 5.41) is 0. The van der Waals surface area contributed by atoms with Gasteiger partial charge in [0, 0.05) is 13.3 Å². The van der Waals surface area contributed by atoms with E-state index in [2.05, 4.69) is 5.73 Å². The zero-order valence-electron chi connectivity index (χ0n) is 7.78. The molecule has 0 aliphatic heterocycles. The van der Waals surface area contributed by atoms with E-state index in [0.29, 0.717) is 0 Å². The minimum absolute atomic E-state index is 0. The Morgan fingerprint density at radius 2 is 2.00 bits per heavy atom. The molecule has 0 amide bonds. The zero-order chi connectivity index (χ0) is 8.36. The first-order valence-corrected chi connectivity index (χ1v) is 3.35. The van der Waals surface area contributed by atoms with Gasteiger partial charge in [-0.25, -0.2) is 4.39 Å². The van der Waals surface area contributed by atoms with Crippen LogP contribution in [0.4, 0.5) is 4.39 Å². The molecular formula is C8H18FNO. The maximum absolute atomic E-state index is 12.8. The molecule has 0 aromatic carbocycles. The second-order valence-electron chi connectivity index (χ2n) is 3.23. The van der Waals surface area contributed by atoms with Crippen molar-refractivity contribution in [1.82, 2.24) is 0 Å². The largest absolute Gasteiger partial charge is 0.358 e. The standard InChI is InChI=1S/C7H14FNO.CH3/c1-5(10)6(9)4-7(2,3)8;/h6H,4,9H2,1-3H3;1H3/q;-1/p+1. The SMILES string of the molecule is CC(=O)C([NH3+])CC(C)(C)F.[CH3-]. The predicted molar refractivity (Wildman–Crippen MR) is 43.6 cm³/mol. The van der Waals surface area contributed by atoms with Gasteiger partial charge in [-0.15, -0.1) is 0 Å². The van der Waals surface area contributed by atoms with Gasteiger partial charge in [0.25, 0.3) is 0 Å². The molecule has 0 radical (unpaired) electrons. The molecule has 2 nitrogen and oxygen atoms in total. The van der Waals surface area contributed by atoms with Crippen molar-refractivity contribution in [2.45, 2.75) is 38.9 Å². The number of quaternary nitrogens is 1. The molecule has 0 bridgehead atoms. The first-order chi connectivity index (χ1) is 4.33. The Labute approximate surface area is 68.0 Å². The first-order valence-electron chi connectivity index (χ1n) is 3.35. The van der Waals surface area contributed by atoms with E-state index in [-0.39, 0.29) is 19.6 Å². The van der Waals surface area contributed by atoms with Gasteiger partial charge in [0.2, 0.25) is 0 Å². The zero-order valence-corrected chi connectivity index (χ0v) is 7.78. The molecule has 0 aromatic rings. The highest BCUT2D eigenvalue weighted by molar-refractivity contribution is 5.79. The molecule has 1 unspecified atom stereocenters. The van der Waals surface area contributed by atoms with Gasteiger partial charge in [0.1, 0.15) is 11.7 Å². The van der Waals surface area contributed by atoms with Crippen LogP contribution in [0.1, 0.15) is 27.2 Å². The number of hydrogen-bond donors (Lipinski definition) is 1. The number of halogens is 1. The van der Waals surface area contributed by atoms with Crippen LogP contribution in [0.5, 0.6) is 0 Å². The van der Waals surface area contributed by atoms with E-state index in [9.17, 15) is 9.18 Å². The summed E-state index contributed by atoms with van der Waals surface area (Å²) in [6, 6.07) is -0.403. The molecule has 0 saturated carbocycles. The van der Waals surface area contributed by atoms with Gasteiger partial charge < -0.3 is 13.2 Å². The van der Waals surface area contributed by atoms with Gasteiger partial charge in [0.05, 0.1) is 0 Å². The summed E-state index contributed by atoms with van der Waals surface area (Å²) in [5.74, 6) is -0.0503. The summed E-state index contributed by atoms with van der Waals surface area (Å²) in [7, 11) is 0. The highest BCUT2D eigenvalue weighted by Gasteiger charge is 2.24. The van der Waals surface area contributed by atoms with Crippen molar-refractivity contribution in [2.75, 3.05) is 0 Å². The number of ketones is 1. The van der Waals surface area contributed by atoms with E-state index in [0.717, 1.165) is 0 Å². The lowest BCUT2D eigenvalue weighted by atomic mass is 9.99. The van der Waals surface area contributed by atoms with Crippen molar-refractivity contribution < 1.29 is 14.9 Å². The fourth-order valence-electron chi connectivity index (χ4n) is 0.730. The maximum Gasteiger partial charge on any atom is 0.186 e. The monoisotopic (exact) mass is 163 g/mol. The molecule has 11 heavy (non-hydrogen) atoms. The van der Waals surface area contributed by atoms with E-state index in [1.807, 2.05) is 0 Å². The summed E-state index contributed by atoms with van der Waals surface area (Å²) in [6.07, 6.45) is 0.211. The topological polar surface area (TPSA) is 44.7 Å². The number of rotatable bonds is 3. The molecule has 0 aliphatic rings. The van der Waals surface area contributed by atoms with Crippen molar-refractivity contribution in [2.24, 2.45) is 0 Å². The molecule has 0 aliphatic carbocycles. The van der Waals surface area contributed by atoms with Gasteiger partial charge in [0.15, 0.2) is 5.78 Å². The summed E-state index contributed by atoms with van der Waals surface area (Å²) in [4.78, 5) is 10.6. The molecule has 0 rings (SSSR count). The maximum atomic E-state index is 12.8. The average molecular weight is 163 g/mol. The predicted octanol–water partition coefficient (Wildman–Crippen LogP) is 0.774. The Morgan fingerprint density at radius 1 is 1.64 bits per heavy atom. The third-order valence-electron chi connectivity index (χ3n) is 1.31. The van der Waals surface area contributed by atoms with Crippen LogP contribution >= 0.6 is 0 Å². The lowest BCUT2D eigenvalue weighted by molar-refractivity contribution is -0.407. The summed E-state index contributed by atoms with van der Waals surface area (Å²) < 4.78 is 12.8. The molecule has 1 atom stereocenters. The summed E-state index contributed by atoms with van der Waals surface area (Å²) >= 11 is 0. The van der Waals surface area contributed by atoms with E-state index in [1.54, 1.807) is 0 Å². The van der Waals surface area contributed by atoms with Crippen LogP contribution in [-0.2, 0) is 4.79 Å². The highest BCUT2D eigenvalue weighted by Crippen LogP contribution is 2.14. The second-order valence-corrected chi connectivity index (χ2v) is 3.23. The smallest absolute Gasteiger partial charge is 0.186 e. The van der Waals surface area contributed by atoms with Crippen molar-refractivity contribution in [3.8, 4) is 0 Å². The highest BCUT2D eigenvalue weighted by atomic mass is 19.1. The van der Waals surface area contributed by atoms with Crippen LogP contribution in [0.25, 0.3) is 0 Å². The number of carbonyl (C=O) groups excluding carboxylic acids is 1. The molecule has 3 heteroatoms. The fraction of sp³-hybridized carbons (Fsp3) is 0.750. The van der Waals surface area contributed by atoms with Gasteiger partial charge >= 0.3 is 0 Å². The third kappa shape index (κ3) is 7.46. The molecule has 68 valence electrons. The van der Waals surface area contributed by atoms with Crippen molar-refractivity contribution in [3.05, 3.63) is 7.43 Å². The van der Waals surface area contributed by atoms with Gasteiger partial charge in [-0.1, -0.05) is 0 Å². The van der Waals surface area contributed by atoms with E-state index in [1.165, 1.54) is 20.8 Å². The molecule has 3 N–H and O–H groups in total. The number of alkyl halides is 1. The van der Waals surface area contributed by atoms with Crippen molar-refractivity contribution >= 4 is 5.78 Å². The Kier molecular flexibility index (Phi) is 5.32. The Morgan fingerprint density at radius 3 is 2.09 bits per heavy atom. The minimum atomic E-state index is -1.28. The molecule has 0 aromatic heterocycles. The molecular weight excluding hydrogens is 145 g/mol. The second kappa shape index (κ2) is 4.44. The fourth-order valence-corrected chi connectivity index (χ4v) is 0.730. The van der Waals surface area contributed by atoms with E-state index < -0.39 is 11.7 Å². The van der Waals surface area contributed by atoms with E-state index >= 15 is 0 Å². The van der Waals surface area contributed by atoms with Crippen LogP contribution in [0.2, 0.25) is 0 Å². The molecule has 0 fully saturated rings. The minimum Gasteiger partial charge on any atom is -0.358 e. The van der Waals surface area contributed by atoms with Crippen LogP contribution in [0.15, 0.2) is 0 Å². The van der Waals surface area contributed by atoms with Gasteiger partial charge in [-0.2, -0.15) is 0 Å². The first kappa shape index (κ1) is 13.2. The number of carbonyl (C=O) groups is 1. The van der Waals surface area contributed by atoms with Gasteiger partial charge in [-0.05, 0) is 13.8 Å². The van der Waals surface area contributed by atoms with Crippen molar-refractivity contribution in [3.63, 3.8) is 0 Å². The summed E-state index contributed by atoms with van der Waals surface area (Å²) in [6.45, 7) is 4.34. The van der Waals surface area contributed by atoms with E-state index in [4.69, 9.17) is 0 Å². The van der Waals surface area contributed by atoms with Crippen molar-refractivity contribution in [1.29, 1.82) is 0 Å². The van der Waals surface area contributed by atoms with Crippen LogP contribution in [0.3, 0.4) is 0 Å². The third-order valence-corrected chi connectivity index (χ3v) is 1.31. The average Bonchev–Trinajstić information content (AvgIpc) is 1.60. The normalized spacial score (nSPS) is 13.5. The Hall–Kier alpha value is -0.440.